The van der Waals surface area contributed by atoms with Crippen LogP contribution in [0.15, 0.2) is 23.3 Å². The van der Waals surface area contributed by atoms with Gasteiger partial charge in [-0.1, -0.05) is 13.0 Å². The van der Waals surface area contributed by atoms with Crippen LogP contribution in [-0.2, 0) is 6.54 Å². The van der Waals surface area contributed by atoms with Crippen molar-refractivity contribution in [3.8, 4) is 0 Å². The predicted octanol–water partition coefficient (Wildman–Crippen LogP) is 2.65. The van der Waals surface area contributed by atoms with Crippen molar-refractivity contribution in [3.63, 3.8) is 0 Å². The van der Waals surface area contributed by atoms with Gasteiger partial charge in [-0.3, -0.25) is 0 Å². The van der Waals surface area contributed by atoms with Crippen LogP contribution in [0.1, 0.15) is 32.3 Å². The second kappa shape index (κ2) is 11.0. The molecular weight excluding hydrogens is 451 g/mol. The number of aliphatic imine (C=N–C) groups is 1. The van der Waals surface area contributed by atoms with Crippen molar-refractivity contribution in [2.75, 3.05) is 57.8 Å². The minimum atomic E-state index is 0. The largest absolute Gasteiger partial charge is 0.357 e. The Morgan fingerprint density at radius 1 is 1.19 bits per heavy atom. The lowest BCUT2D eigenvalue weighted by Gasteiger charge is -2.34. The number of rotatable bonds is 4. The van der Waals surface area contributed by atoms with E-state index in [0.717, 1.165) is 63.5 Å². The summed E-state index contributed by atoms with van der Waals surface area (Å²) in [5.41, 5.74) is 1.22. The molecule has 0 radical (unpaired) electrons. The first-order valence-corrected chi connectivity index (χ1v) is 10.1. The van der Waals surface area contributed by atoms with Crippen molar-refractivity contribution in [2.45, 2.75) is 33.2 Å². The maximum Gasteiger partial charge on any atom is 0.194 e. The smallest absolute Gasteiger partial charge is 0.194 e. The number of anilines is 1. The summed E-state index contributed by atoms with van der Waals surface area (Å²) >= 11 is 0. The third-order valence-electron chi connectivity index (χ3n) is 5.49. The molecule has 1 aromatic heterocycles. The van der Waals surface area contributed by atoms with Gasteiger partial charge in [-0.25, -0.2) is 9.98 Å². The van der Waals surface area contributed by atoms with Crippen molar-refractivity contribution >= 4 is 35.8 Å². The van der Waals surface area contributed by atoms with E-state index in [-0.39, 0.29) is 24.0 Å². The number of guanidine groups is 1. The zero-order valence-corrected chi connectivity index (χ0v) is 19.4. The molecule has 0 amide bonds. The van der Waals surface area contributed by atoms with E-state index in [1.807, 2.05) is 12.3 Å². The molecule has 152 valence electrons. The summed E-state index contributed by atoms with van der Waals surface area (Å²) in [6.45, 7) is 12.5. The first-order valence-electron chi connectivity index (χ1n) is 10.1. The molecule has 7 heteroatoms. The molecule has 2 fully saturated rings. The molecule has 2 aliphatic heterocycles. The normalized spacial score (nSPS) is 19.7. The first-order chi connectivity index (χ1) is 12.7. The van der Waals surface area contributed by atoms with E-state index in [4.69, 9.17) is 4.99 Å². The summed E-state index contributed by atoms with van der Waals surface area (Å²) in [5, 5.41) is 3.48. The Morgan fingerprint density at radius 3 is 2.56 bits per heavy atom. The molecule has 0 spiro atoms. The Labute approximate surface area is 181 Å². The number of pyridine rings is 1. The van der Waals surface area contributed by atoms with Crippen molar-refractivity contribution < 1.29 is 0 Å². The maximum atomic E-state index is 4.96. The van der Waals surface area contributed by atoms with E-state index in [1.54, 1.807) is 0 Å². The van der Waals surface area contributed by atoms with Gasteiger partial charge in [0.1, 0.15) is 5.82 Å². The highest BCUT2D eigenvalue weighted by atomic mass is 127. The lowest BCUT2D eigenvalue weighted by atomic mass is 10.00. The van der Waals surface area contributed by atoms with E-state index in [1.165, 1.54) is 18.4 Å². The van der Waals surface area contributed by atoms with Crippen LogP contribution in [0.2, 0.25) is 0 Å². The molecule has 1 aromatic rings. The Morgan fingerprint density at radius 2 is 1.89 bits per heavy atom. The number of piperazine rings is 1. The molecule has 3 rings (SSSR count). The Balaban J connectivity index is 0.00000261. The molecule has 0 atom stereocenters. The van der Waals surface area contributed by atoms with E-state index in [0.29, 0.717) is 6.54 Å². The lowest BCUT2D eigenvalue weighted by molar-refractivity contribution is 0.273. The van der Waals surface area contributed by atoms with Crippen LogP contribution in [0.25, 0.3) is 0 Å². The highest BCUT2D eigenvalue weighted by molar-refractivity contribution is 14.0. The summed E-state index contributed by atoms with van der Waals surface area (Å²) < 4.78 is 0. The predicted molar refractivity (Wildman–Crippen MR) is 124 cm³/mol. The van der Waals surface area contributed by atoms with Crippen molar-refractivity contribution in [1.29, 1.82) is 0 Å². The second-order valence-electron chi connectivity index (χ2n) is 7.62. The minimum absolute atomic E-state index is 0. The van der Waals surface area contributed by atoms with E-state index in [9.17, 15) is 0 Å². The molecule has 0 aliphatic carbocycles. The fraction of sp³-hybridized carbons (Fsp3) is 0.700. The van der Waals surface area contributed by atoms with Crippen LogP contribution in [-0.4, -0.2) is 73.6 Å². The molecule has 6 nitrogen and oxygen atoms in total. The van der Waals surface area contributed by atoms with Crippen LogP contribution in [0, 0.1) is 5.92 Å². The molecule has 3 heterocycles. The van der Waals surface area contributed by atoms with Gasteiger partial charge in [-0.15, -0.1) is 24.0 Å². The molecule has 2 saturated heterocycles. The van der Waals surface area contributed by atoms with E-state index >= 15 is 0 Å². The number of nitrogens with zero attached hydrogens (tertiary/aromatic N) is 5. The second-order valence-corrected chi connectivity index (χ2v) is 7.62. The molecule has 0 unspecified atom stereocenters. The highest BCUT2D eigenvalue weighted by Gasteiger charge is 2.20. The van der Waals surface area contributed by atoms with E-state index < -0.39 is 0 Å². The summed E-state index contributed by atoms with van der Waals surface area (Å²) in [4.78, 5) is 16.8. The van der Waals surface area contributed by atoms with Gasteiger partial charge in [0.15, 0.2) is 5.96 Å². The number of nitrogens with one attached hydrogen (secondary N) is 1. The number of likely N-dealkylation sites (N-methyl/N-ethyl adjacent to an activating group) is 1. The van der Waals surface area contributed by atoms with Gasteiger partial charge in [0.05, 0.1) is 6.54 Å². The lowest BCUT2D eigenvalue weighted by Crippen LogP contribution is -2.45. The molecule has 27 heavy (non-hydrogen) atoms. The number of likely N-dealkylation sites (tertiary alicyclic amines) is 1. The fourth-order valence-electron chi connectivity index (χ4n) is 3.66. The van der Waals surface area contributed by atoms with Gasteiger partial charge in [0.25, 0.3) is 0 Å². The third-order valence-corrected chi connectivity index (χ3v) is 5.49. The molecule has 0 bridgehead atoms. The minimum Gasteiger partial charge on any atom is -0.357 e. The molecule has 0 saturated carbocycles. The van der Waals surface area contributed by atoms with Gasteiger partial charge >= 0.3 is 0 Å². The summed E-state index contributed by atoms with van der Waals surface area (Å²) in [6.07, 6.45) is 4.41. The van der Waals surface area contributed by atoms with Crippen LogP contribution < -0.4 is 10.2 Å². The quantitative estimate of drug-likeness (QED) is 0.403. The number of halogens is 1. The van der Waals surface area contributed by atoms with Crippen molar-refractivity contribution in [3.05, 3.63) is 23.9 Å². The Kier molecular flexibility index (Phi) is 9.08. The zero-order chi connectivity index (χ0) is 18.4. The summed E-state index contributed by atoms with van der Waals surface area (Å²) in [7, 11) is 2.18. The summed E-state index contributed by atoms with van der Waals surface area (Å²) in [5.74, 6) is 2.98. The Bertz CT molecular complexity index is 592. The fourth-order valence-corrected chi connectivity index (χ4v) is 3.66. The number of aromatic nitrogens is 1. The van der Waals surface area contributed by atoms with Crippen LogP contribution in [0.4, 0.5) is 5.82 Å². The van der Waals surface area contributed by atoms with Gasteiger partial charge in [-0.05, 0) is 38.8 Å². The zero-order valence-electron chi connectivity index (χ0n) is 17.0. The SMILES string of the molecule is CCNC(=NCc1cccnc1N1CCN(C)CC1)N1CCC(C)CC1.I. The Hall–Kier alpha value is -1.09. The third kappa shape index (κ3) is 6.20. The monoisotopic (exact) mass is 486 g/mol. The van der Waals surface area contributed by atoms with Gasteiger partial charge in [0.2, 0.25) is 0 Å². The molecule has 1 N–H and O–H groups in total. The molecule has 0 aromatic carbocycles. The van der Waals surface area contributed by atoms with E-state index in [2.05, 4.69) is 52.0 Å². The van der Waals surface area contributed by atoms with Crippen LogP contribution in [0.3, 0.4) is 0 Å². The maximum absolute atomic E-state index is 4.96. The average Bonchev–Trinajstić information content (AvgIpc) is 2.67. The number of hydrogen-bond donors (Lipinski definition) is 1. The van der Waals surface area contributed by atoms with Gasteiger partial charge < -0.3 is 20.0 Å². The average molecular weight is 486 g/mol. The first kappa shape index (κ1) is 22.2. The highest BCUT2D eigenvalue weighted by Crippen LogP contribution is 2.20. The van der Waals surface area contributed by atoms with Gasteiger partial charge in [0, 0.05) is 57.6 Å². The number of piperidine rings is 1. The van der Waals surface area contributed by atoms with Gasteiger partial charge in [-0.2, -0.15) is 0 Å². The topological polar surface area (TPSA) is 47.0 Å². The van der Waals surface area contributed by atoms with Crippen molar-refractivity contribution in [1.82, 2.24) is 20.1 Å². The molecular formula is C20H35IN6. The van der Waals surface area contributed by atoms with Crippen molar-refractivity contribution in [2.24, 2.45) is 10.9 Å². The summed E-state index contributed by atoms with van der Waals surface area (Å²) in [6, 6.07) is 4.20. The molecule has 2 aliphatic rings. The van der Waals surface area contributed by atoms with Crippen LogP contribution in [0.5, 0.6) is 0 Å². The standard InChI is InChI=1S/C20H34N6.HI/c1-4-21-20(26-10-7-17(2)8-11-26)23-16-18-6-5-9-22-19(18)25-14-12-24(3)13-15-25;/h5-6,9,17H,4,7-8,10-16H2,1-3H3,(H,21,23);1H. The number of hydrogen-bond acceptors (Lipinski definition) is 4. The van der Waals surface area contributed by atoms with Crippen LogP contribution >= 0.6 is 24.0 Å².